The number of nitrogens with zero attached hydrogens (tertiary/aromatic N) is 1. The van der Waals surface area contributed by atoms with Gasteiger partial charge in [0, 0.05) is 16.0 Å². The number of ether oxygens (including phenoxy) is 2. The lowest BCUT2D eigenvalue weighted by molar-refractivity contribution is -0.148. The highest BCUT2D eigenvalue weighted by atomic mass is 35.5. The second kappa shape index (κ2) is 10.9. The minimum Gasteiger partial charge on any atom is -0.461 e. The van der Waals surface area contributed by atoms with Gasteiger partial charge in [-0.25, -0.2) is 14.6 Å². The molecule has 0 aliphatic carbocycles. The monoisotopic (exact) mass is 438 g/mol. The largest absolute Gasteiger partial charge is 0.461 e. The fourth-order valence-corrected chi connectivity index (χ4v) is 3.21. The minimum absolute atomic E-state index is 0.0987. The molecule has 0 radical (unpaired) electrons. The maximum absolute atomic E-state index is 12.6. The number of hydrogen-bond acceptors (Lipinski definition) is 7. The Hall–Kier alpha value is -2.45. The molecule has 1 N–H and O–H groups in total. The Kier molecular flexibility index (Phi) is 8.60. The first-order valence-corrected chi connectivity index (χ1v) is 10.5. The highest BCUT2D eigenvalue weighted by Gasteiger charge is 2.28. The van der Waals surface area contributed by atoms with Gasteiger partial charge in [-0.15, -0.1) is 11.3 Å². The lowest BCUT2D eigenvalue weighted by Gasteiger charge is -2.22. The zero-order chi connectivity index (χ0) is 21.4. The van der Waals surface area contributed by atoms with Gasteiger partial charge >= 0.3 is 11.9 Å². The van der Waals surface area contributed by atoms with Gasteiger partial charge in [-0.2, -0.15) is 0 Å². The molecule has 1 aromatic heterocycles. The number of amides is 1. The smallest absolute Gasteiger partial charge is 0.367 e. The predicted octanol–water partition coefficient (Wildman–Crippen LogP) is 3.86. The van der Waals surface area contributed by atoms with Gasteiger partial charge in [0.1, 0.15) is 12.6 Å². The Bertz CT molecular complexity index is 853. The Morgan fingerprint density at radius 1 is 1.17 bits per heavy atom. The number of carbonyl (C=O) groups is 3. The third-order valence-corrected chi connectivity index (χ3v) is 5.35. The first-order chi connectivity index (χ1) is 13.8. The summed E-state index contributed by atoms with van der Waals surface area (Å²) in [5.41, 5.74) is 0.840. The van der Waals surface area contributed by atoms with Crippen LogP contribution in [-0.2, 0) is 20.9 Å². The summed E-state index contributed by atoms with van der Waals surface area (Å²) in [5, 5.41) is 5.08. The first kappa shape index (κ1) is 22.8. The van der Waals surface area contributed by atoms with E-state index in [1.54, 1.807) is 36.6 Å². The molecule has 0 aliphatic rings. The van der Waals surface area contributed by atoms with E-state index in [-0.39, 0.29) is 30.0 Å². The van der Waals surface area contributed by atoms with Gasteiger partial charge < -0.3 is 14.8 Å². The van der Waals surface area contributed by atoms with Crippen LogP contribution in [0.2, 0.25) is 5.02 Å². The van der Waals surface area contributed by atoms with E-state index in [0.29, 0.717) is 22.7 Å². The molecule has 156 valence electrons. The second-order valence-electron chi connectivity index (χ2n) is 6.32. The van der Waals surface area contributed by atoms with Crippen molar-refractivity contribution < 1.29 is 23.9 Å². The van der Waals surface area contributed by atoms with E-state index in [9.17, 15) is 14.4 Å². The number of rotatable bonds is 9. The van der Waals surface area contributed by atoms with E-state index in [4.69, 9.17) is 21.1 Å². The van der Waals surface area contributed by atoms with Crippen LogP contribution < -0.4 is 5.32 Å². The van der Waals surface area contributed by atoms with Gasteiger partial charge in [0.05, 0.1) is 12.3 Å². The number of carbonyl (C=O) groups excluding carboxylic acids is 3. The Morgan fingerprint density at radius 3 is 2.48 bits per heavy atom. The van der Waals surface area contributed by atoms with E-state index < -0.39 is 18.0 Å². The predicted molar refractivity (Wildman–Crippen MR) is 110 cm³/mol. The summed E-state index contributed by atoms with van der Waals surface area (Å²) in [6, 6.07) is 5.57. The van der Waals surface area contributed by atoms with Gasteiger partial charge in [-0.05, 0) is 37.1 Å². The van der Waals surface area contributed by atoms with Crippen LogP contribution in [0.25, 0.3) is 0 Å². The molecule has 0 saturated heterocycles. The molecule has 7 nitrogen and oxygen atoms in total. The topological polar surface area (TPSA) is 94.6 Å². The lowest BCUT2D eigenvalue weighted by atomic mass is 9.99. The van der Waals surface area contributed by atoms with Crippen LogP contribution in [0.1, 0.15) is 53.0 Å². The molecule has 1 aromatic carbocycles. The molecule has 2 atom stereocenters. The fourth-order valence-electron chi connectivity index (χ4n) is 2.39. The van der Waals surface area contributed by atoms with Crippen LogP contribution >= 0.6 is 22.9 Å². The van der Waals surface area contributed by atoms with Crippen LogP contribution in [0.3, 0.4) is 0 Å². The lowest BCUT2D eigenvalue weighted by Crippen LogP contribution is -2.46. The maximum Gasteiger partial charge on any atom is 0.367 e. The standard InChI is InChI=1S/C20H23ClN2O5S/c1-4-12(3)16(23-17(24)13-6-8-14(21)9-7-13)19(25)28-10-15-11-29-18(22-15)20(26)27-5-2/h6-9,11-12,16H,4-5,10H2,1-3H3,(H,23,24)/t12-,16-/m0/s1. The highest BCUT2D eigenvalue weighted by Crippen LogP contribution is 2.15. The fraction of sp³-hybridized carbons (Fsp3) is 0.400. The molecule has 29 heavy (non-hydrogen) atoms. The third kappa shape index (κ3) is 6.54. The van der Waals surface area contributed by atoms with E-state index in [0.717, 1.165) is 11.3 Å². The minimum atomic E-state index is -0.814. The molecular formula is C20H23ClN2O5S. The van der Waals surface area contributed by atoms with E-state index in [2.05, 4.69) is 10.3 Å². The Balaban J connectivity index is 2.00. The van der Waals surface area contributed by atoms with Crippen molar-refractivity contribution in [1.29, 1.82) is 0 Å². The van der Waals surface area contributed by atoms with Crippen LogP contribution in [0, 0.1) is 5.92 Å². The molecule has 2 rings (SSSR count). The molecule has 0 fully saturated rings. The number of nitrogens with one attached hydrogen (secondary N) is 1. The molecule has 0 saturated carbocycles. The molecule has 1 heterocycles. The van der Waals surface area contributed by atoms with Crippen molar-refractivity contribution in [3.8, 4) is 0 Å². The van der Waals surface area contributed by atoms with Crippen LogP contribution in [-0.4, -0.2) is 35.5 Å². The molecule has 0 aliphatic heterocycles. The van der Waals surface area contributed by atoms with Crippen molar-refractivity contribution in [3.63, 3.8) is 0 Å². The normalized spacial score (nSPS) is 12.7. The van der Waals surface area contributed by atoms with Gasteiger partial charge in [-0.3, -0.25) is 4.79 Å². The number of halogens is 1. The van der Waals surface area contributed by atoms with Crippen LogP contribution in [0.15, 0.2) is 29.6 Å². The zero-order valence-electron chi connectivity index (χ0n) is 16.4. The van der Waals surface area contributed by atoms with Crippen molar-refractivity contribution in [2.45, 2.75) is 39.8 Å². The summed E-state index contributed by atoms with van der Waals surface area (Å²) in [6.45, 7) is 5.65. The number of benzene rings is 1. The second-order valence-corrected chi connectivity index (χ2v) is 7.61. The number of esters is 2. The number of thiazole rings is 1. The van der Waals surface area contributed by atoms with Gasteiger partial charge in [0.2, 0.25) is 5.01 Å². The molecule has 0 unspecified atom stereocenters. The van der Waals surface area contributed by atoms with Crippen molar-refractivity contribution >= 4 is 40.8 Å². The highest BCUT2D eigenvalue weighted by molar-refractivity contribution is 7.11. The Morgan fingerprint density at radius 2 is 1.86 bits per heavy atom. The van der Waals surface area contributed by atoms with Crippen LogP contribution in [0.5, 0.6) is 0 Å². The number of aromatic nitrogens is 1. The van der Waals surface area contributed by atoms with E-state index >= 15 is 0 Å². The molecule has 1 amide bonds. The van der Waals surface area contributed by atoms with Crippen molar-refractivity contribution in [3.05, 3.63) is 50.9 Å². The zero-order valence-corrected chi connectivity index (χ0v) is 18.0. The molecular weight excluding hydrogens is 416 g/mol. The van der Waals surface area contributed by atoms with Gasteiger partial charge in [-0.1, -0.05) is 31.9 Å². The van der Waals surface area contributed by atoms with Gasteiger partial charge in [0.15, 0.2) is 0 Å². The molecule has 0 bridgehead atoms. The van der Waals surface area contributed by atoms with Crippen molar-refractivity contribution in [1.82, 2.24) is 10.3 Å². The summed E-state index contributed by atoms with van der Waals surface area (Å²) in [5.74, 6) is -1.60. The molecule has 9 heteroatoms. The Labute approximate surface area is 178 Å². The van der Waals surface area contributed by atoms with Crippen molar-refractivity contribution in [2.24, 2.45) is 5.92 Å². The third-order valence-electron chi connectivity index (χ3n) is 4.22. The van der Waals surface area contributed by atoms with Crippen molar-refractivity contribution in [2.75, 3.05) is 6.61 Å². The average molecular weight is 439 g/mol. The quantitative estimate of drug-likeness (QED) is 0.597. The van der Waals surface area contributed by atoms with Crippen LogP contribution in [0.4, 0.5) is 0 Å². The summed E-state index contributed by atoms with van der Waals surface area (Å²) in [4.78, 5) is 40.9. The summed E-state index contributed by atoms with van der Waals surface area (Å²) in [7, 11) is 0. The molecule has 0 spiro atoms. The number of hydrogen-bond donors (Lipinski definition) is 1. The first-order valence-electron chi connectivity index (χ1n) is 9.20. The van der Waals surface area contributed by atoms with E-state index in [1.165, 1.54) is 0 Å². The SMILES string of the molecule is CCOC(=O)c1nc(COC(=O)[C@@H](NC(=O)c2ccc(Cl)cc2)[C@@H](C)CC)cs1. The van der Waals surface area contributed by atoms with Gasteiger partial charge in [0.25, 0.3) is 5.91 Å². The van der Waals surface area contributed by atoms with E-state index in [1.807, 2.05) is 13.8 Å². The summed E-state index contributed by atoms with van der Waals surface area (Å²) >= 11 is 6.96. The summed E-state index contributed by atoms with van der Waals surface area (Å²) < 4.78 is 10.2. The average Bonchev–Trinajstić information content (AvgIpc) is 3.19. The summed E-state index contributed by atoms with van der Waals surface area (Å²) in [6.07, 6.45) is 0.671. The molecule has 2 aromatic rings. The maximum atomic E-state index is 12.6.